The number of benzene rings is 7. The average Bonchev–Trinajstić information content (AvgIpc) is 3.72. The molecule has 0 spiro atoms. The predicted octanol–water partition coefficient (Wildman–Crippen LogP) is 12.8. The minimum Gasteiger partial charge on any atom is -0.228 e. The fraction of sp³-hybridized carbons (Fsp3) is 0.0417. The molecule has 0 fully saturated rings. The van der Waals surface area contributed by atoms with E-state index in [0.29, 0.717) is 0 Å². The van der Waals surface area contributed by atoms with Crippen molar-refractivity contribution in [2.24, 2.45) is 0 Å². The van der Waals surface area contributed by atoms with Crippen molar-refractivity contribution in [3.8, 4) is 56.2 Å². The van der Waals surface area contributed by atoms with Gasteiger partial charge in [-0.3, -0.25) is 0 Å². The first kappa shape index (κ1) is 29.7. The molecule has 51 heavy (non-hydrogen) atoms. The molecule has 2 nitrogen and oxygen atoms in total. The van der Waals surface area contributed by atoms with Crippen LogP contribution in [-0.4, -0.2) is 9.97 Å². The topological polar surface area (TPSA) is 25.8 Å². The Morgan fingerprint density at radius 1 is 0.431 bits per heavy atom. The number of hydrogen-bond donors (Lipinski definition) is 0. The fourth-order valence-electron chi connectivity index (χ4n) is 7.99. The van der Waals surface area contributed by atoms with Gasteiger partial charge in [0.25, 0.3) is 0 Å². The molecule has 240 valence electrons. The lowest BCUT2D eigenvalue weighted by atomic mass is 9.74. The van der Waals surface area contributed by atoms with Crippen molar-refractivity contribution in [1.82, 2.24) is 9.97 Å². The van der Waals surface area contributed by atoms with E-state index in [9.17, 15) is 0 Å². The van der Waals surface area contributed by atoms with Crippen LogP contribution in [0.2, 0.25) is 0 Å². The lowest BCUT2D eigenvalue weighted by molar-refractivity contribution is 0.714. The van der Waals surface area contributed by atoms with Gasteiger partial charge in [0.05, 0.1) is 11.4 Å². The third-order valence-corrected chi connectivity index (χ3v) is 11.8. The van der Waals surface area contributed by atoms with Gasteiger partial charge in [-0.1, -0.05) is 158 Å². The largest absolute Gasteiger partial charge is 0.228 e. The Balaban J connectivity index is 1.10. The zero-order valence-electron chi connectivity index (χ0n) is 28.0. The summed E-state index contributed by atoms with van der Waals surface area (Å²) in [5.41, 5.74) is 13.6. The number of nitrogens with zero attached hydrogens (tertiary/aromatic N) is 2. The van der Waals surface area contributed by atoms with E-state index in [2.05, 4.69) is 165 Å². The summed E-state index contributed by atoms with van der Waals surface area (Å²) >= 11 is 1.86. The number of hydrogen-bond acceptors (Lipinski definition) is 3. The first-order valence-corrected chi connectivity index (χ1v) is 18.2. The Hall–Kier alpha value is -6.16. The summed E-state index contributed by atoms with van der Waals surface area (Å²) in [7, 11) is 0. The van der Waals surface area contributed by atoms with Crippen molar-refractivity contribution in [3.05, 3.63) is 193 Å². The van der Waals surface area contributed by atoms with Crippen LogP contribution in [0.25, 0.3) is 76.3 Å². The van der Waals surface area contributed by atoms with Crippen LogP contribution in [0, 0.1) is 0 Å². The second kappa shape index (κ2) is 11.7. The van der Waals surface area contributed by atoms with Crippen LogP contribution in [0.1, 0.15) is 23.6 Å². The second-order valence-corrected chi connectivity index (χ2v) is 14.5. The summed E-state index contributed by atoms with van der Waals surface area (Å²) in [5, 5.41) is 2.63. The SMILES string of the molecule is CC1(c2ccccc2)c2ccccc2-c2ccc(-c3cc(-c4ccc(-c5cccc6c5sc5ccccc56)cc4)nc(-c4ccccc4)n3)cc21. The Morgan fingerprint density at radius 3 is 1.86 bits per heavy atom. The van der Waals surface area contributed by atoms with Gasteiger partial charge in [-0.25, -0.2) is 9.97 Å². The van der Waals surface area contributed by atoms with E-state index in [1.54, 1.807) is 0 Å². The molecule has 0 N–H and O–H groups in total. The maximum absolute atomic E-state index is 5.20. The van der Waals surface area contributed by atoms with E-state index >= 15 is 0 Å². The molecule has 0 amide bonds. The molecular weight excluding hydrogens is 637 g/mol. The molecule has 1 aliphatic carbocycles. The summed E-state index contributed by atoms with van der Waals surface area (Å²) in [5.74, 6) is 0.719. The van der Waals surface area contributed by atoms with Gasteiger partial charge in [0.1, 0.15) is 0 Å². The van der Waals surface area contributed by atoms with Crippen LogP contribution in [0.3, 0.4) is 0 Å². The third-order valence-electron chi connectivity index (χ3n) is 10.6. The highest BCUT2D eigenvalue weighted by molar-refractivity contribution is 7.26. The first-order valence-electron chi connectivity index (χ1n) is 17.4. The molecule has 0 radical (unpaired) electrons. The zero-order chi connectivity index (χ0) is 33.9. The van der Waals surface area contributed by atoms with Crippen molar-refractivity contribution >= 4 is 31.5 Å². The number of rotatable bonds is 5. The molecule has 0 bridgehead atoms. The molecule has 9 aromatic rings. The van der Waals surface area contributed by atoms with E-state index in [-0.39, 0.29) is 5.41 Å². The average molecular weight is 669 g/mol. The van der Waals surface area contributed by atoms with Gasteiger partial charge in [-0.05, 0) is 64.1 Å². The summed E-state index contributed by atoms with van der Waals surface area (Å²) in [6.45, 7) is 2.36. The van der Waals surface area contributed by atoms with Crippen LogP contribution >= 0.6 is 11.3 Å². The molecule has 0 saturated heterocycles. The van der Waals surface area contributed by atoms with Crippen molar-refractivity contribution in [2.75, 3.05) is 0 Å². The number of fused-ring (bicyclic) bond motifs is 6. The lowest BCUT2D eigenvalue weighted by Crippen LogP contribution is -2.22. The summed E-state index contributed by atoms with van der Waals surface area (Å²) < 4.78 is 2.64. The third kappa shape index (κ3) is 4.77. The van der Waals surface area contributed by atoms with Gasteiger partial charge in [0, 0.05) is 42.3 Å². The van der Waals surface area contributed by atoms with Crippen LogP contribution in [0.4, 0.5) is 0 Å². The predicted molar refractivity (Wildman–Crippen MR) is 214 cm³/mol. The van der Waals surface area contributed by atoms with Gasteiger partial charge in [-0.15, -0.1) is 11.3 Å². The fourth-order valence-corrected chi connectivity index (χ4v) is 9.23. The molecule has 2 heterocycles. The quantitative estimate of drug-likeness (QED) is 0.182. The molecule has 2 aromatic heterocycles. The molecule has 0 aliphatic heterocycles. The zero-order valence-corrected chi connectivity index (χ0v) is 28.9. The smallest absolute Gasteiger partial charge is 0.160 e. The molecule has 0 saturated carbocycles. The lowest BCUT2D eigenvalue weighted by Gasteiger charge is -2.28. The van der Waals surface area contributed by atoms with Crippen LogP contribution in [0.5, 0.6) is 0 Å². The Labute approximate surface area is 301 Å². The van der Waals surface area contributed by atoms with Gasteiger partial charge in [-0.2, -0.15) is 0 Å². The van der Waals surface area contributed by atoms with E-state index in [1.165, 1.54) is 59.1 Å². The van der Waals surface area contributed by atoms with E-state index in [0.717, 1.165) is 33.9 Å². The van der Waals surface area contributed by atoms with E-state index in [1.807, 2.05) is 29.5 Å². The molecule has 10 rings (SSSR count). The van der Waals surface area contributed by atoms with Crippen molar-refractivity contribution in [3.63, 3.8) is 0 Å². The highest BCUT2D eigenvalue weighted by Crippen LogP contribution is 2.53. The number of aromatic nitrogens is 2. The van der Waals surface area contributed by atoms with E-state index in [4.69, 9.17) is 9.97 Å². The van der Waals surface area contributed by atoms with Crippen molar-refractivity contribution < 1.29 is 0 Å². The summed E-state index contributed by atoms with van der Waals surface area (Å²) in [4.78, 5) is 10.4. The molecule has 1 aliphatic rings. The molecule has 1 atom stereocenters. The Bertz CT molecular complexity index is 2750. The minimum atomic E-state index is -0.283. The molecule has 3 heteroatoms. The summed E-state index contributed by atoms with van der Waals surface area (Å²) in [6.07, 6.45) is 0. The normalized spacial score (nSPS) is 14.8. The first-order chi connectivity index (χ1) is 25.1. The van der Waals surface area contributed by atoms with Crippen LogP contribution < -0.4 is 0 Å². The maximum Gasteiger partial charge on any atom is 0.160 e. The Kier molecular flexibility index (Phi) is 6.83. The van der Waals surface area contributed by atoms with Crippen LogP contribution in [-0.2, 0) is 5.41 Å². The highest BCUT2D eigenvalue weighted by atomic mass is 32.1. The summed E-state index contributed by atoms with van der Waals surface area (Å²) in [6, 6.07) is 63.2. The molecular formula is C48H32N2S. The van der Waals surface area contributed by atoms with Gasteiger partial charge in [0.15, 0.2) is 5.82 Å². The molecule has 1 unspecified atom stereocenters. The standard InChI is InChI=1S/C48H32N2S/c1-48(35-15-6-3-7-16-35)41-21-10-8-17-37(41)38-28-27-34(29-42(38)48)44-30-43(49-47(50-44)33-13-4-2-5-14-33)32-25-23-31(24-26-32)36-19-12-20-40-39-18-9-11-22-45(39)51-46(36)40/h2-30H,1H3. The van der Waals surface area contributed by atoms with E-state index < -0.39 is 0 Å². The number of thiophene rings is 1. The van der Waals surface area contributed by atoms with Crippen LogP contribution in [0.15, 0.2) is 176 Å². The maximum atomic E-state index is 5.20. The monoisotopic (exact) mass is 668 g/mol. The van der Waals surface area contributed by atoms with Gasteiger partial charge >= 0.3 is 0 Å². The Morgan fingerprint density at radius 2 is 1.04 bits per heavy atom. The highest BCUT2D eigenvalue weighted by Gasteiger charge is 2.40. The van der Waals surface area contributed by atoms with Crippen molar-refractivity contribution in [1.29, 1.82) is 0 Å². The van der Waals surface area contributed by atoms with Crippen molar-refractivity contribution in [2.45, 2.75) is 12.3 Å². The minimum absolute atomic E-state index is 0.283. The molecule has 7 aromatic carbocycles. The second-order valence-electron chi connectivity index (χ2n) is 13.5. The van der Waals surface area contributed by atoms with Gasteiger partial charge < -0.3 is 0 Å². The van der Waals surface area contributed by atoms with Gasteiger partial charge in [0.2, 0.25) is 0 Å².